The van der Waals surface area contributed by atoms with Crippen LogP contribution in [0.3, 0.4) is 0 Å². The number of benzene rings is 2. The number of fused-ring (bicyclic) bond motifs is 1. The zero-order valence-corrected chi connectivity index (χ0v) is 21.2. The Morgan fingerprint density at radius 1 is 0.833 bits per heavy atom. The maximum Gasteiger partial charge on any atom is 0.227 e. The molecule has 1 saturated heterocycles. The topological polar surface area (TPSA) is 44.6 Å². The Hall–Kier alpha value is -3.12. The van der Waals surface area contributed by atoms with Gasteiger partial charge in [-0.15, -0.1) is 0 Å². The largest absolute Gasteiger partial charge is 0.368 e. The van der Waals surface area contributed by atoms with E-state index in [2.05, 4.69) is 33.1 Å². The average Bonchev–Trinajstić information content (AvgIpc) is 3.62. The van der Waals surface area contributed by atoms with E-state index in [0.29, 0.717) is 6.42 Å². The lowest BCUT2D eigenvalue weighted by Gasteiger charge is -2.36. The predicted octanol–water partition coefficient (Wildman–Crippen LogP) is 4.11. The smallest absolute Gasteiger partial charge is 0.227 e. The van der Waals surface area contributed by atoms with Crippen molar-refractivity contribution in [1.82, 2.24) is 19.6 Å². The van der Waals surface area contributed by atoms with Gasteiger partial charge in [-0.1, -0.05) is 31.0 Å². The van der Waals surface area contributed by atoms with Crippen molar-refractivity contribution in [3.05, 3.63) is 77.6 Å². The van der Waals surface area contributed by atoms with Gasteiger partial charge in [0.2, 0.25) is 5.91 Å². The molecule has 2 fully saturated rings. The Morgan fingerprint density at radius 3 is 2.28 bits per heavy atom. The molecule has 0 N–H and O–H groups in total. The summed E-state index contributed by atoms with van der Waals surface area (Å²) in [5, 5.41) is 4.27. The van der Waals surface area contributed by atoms with Crippen LogP contribution in [0.1, 0.15) is 42.4 Å². The molecule has 2 aliphatic heterocycles. The molecule has 188 valence electrons. The number of nitrogens with zero attached hydrogens (tertiary/aromatic N) is 5. The summed E-state index contributed by atoms with van der Waals surface area (Å²) >= 11 is 0. The zero-order valence-electron chi connectivity index (χ0n) is 21.2. The van der Waals surface area contributed by atoms with Crippen LogP contribution in [0.4, 0.5) is 5.69 Å². The summed E-state index contributed by atoms with van der Waals surface area (Å²) in [5.41, 5.74) is 6.45. The SMILES string of the molecule is O=C(Cc1ccc(-n2cccn2)cc1)N1CCN(c2ccc3c(c2)CCN(C2CCCC2)CC3)CC1. The van der Waals surface area contributed by atoms with Gasteiger partial charge in [0.25, 0.3) is 0 Å². The van der Waals surface area contributed by atoms with Crippen molar-refractivity contribution < 1.29 is 4.79 Å². The van der Waals surface area contributed by atoms with Gasteiger partial charge in [0.1, 0.15) is 0 Å². The number of piperazine rings is 1. The fourth-order valence-corrected chi connectivity index (χ4v) is 6.25. The second kappa shape index (κ2) is 10.5. The van der Waals surface area contributed by atoms with Gasteiger partial charge in [-0.2, -0.15) is 5.10 Å². The van der Waals surface area contributed by atoms with Crippen molar-refractivity contribution in [3.8, 4) is 5.69 Å². The maximum atomic E-state index is 13.0. The molecule has 1 aromatic heterocycles. The first-order valence-corrected chi connectivity index (χ1v) is 13.7. The Bertz CT molecular complexity index is 1160. The first-order valence-electron chi connectivity index (χ1n) is 13.7. The third-order valence-electron chi connectivity index (χ3n) is 8.43. The van der Waals surface area contributed by atoms with E-state index in [-0.39, 0.29) is 5.91 Å². The minimum absolute atomic E-state index is 0.218. The van der Waals surface area contributed by atoms with E-state index in [1.165, 1.54) is 62.0 Å². The molecule has 3 aromatic rings. The lowest BCUT2D eigenvalue weighted by atomic mass is 10.0. The van der Waals surface area contributed by atoms with Crippen molar-refractivity contribution in [1.29, 1.82) is 0 Å². The van der Waals surface area contributed by atoms with E-state index in [1.54, 1.807) is 6.20 Å². The monoisotopic (exact) mass is 483 g/mol. The minimum Gasteiger partial charge on any atom is -0.368 e. The van der Waals surface area contributed by atoms with E-state index >= 15 is 0 Å². The van der Waals surface area contributed by atoms with Gasteiger partial charge in [-0.05, 0) is 72.7 Å². The number of carbonyl (C=O) groups excluding carboxylic acids is 1. The molecule has 1 aliphatic carbocycles. The fourth-order valence-electron chi connectivity index (χ4n) is 6.25. The van der Waals surface area contributed by atoms with Crippen LogP contribution < -0.4 is 4.90 Å². The molecule has 1 amide bonds. The van der Waals surface area contributed by atoms with Crippen LogP contribution in [0.5, 0.6) is 0 Å². The first-order chi connectivity index (χ1) is 17.7. The third kappa shape index (κ3) is 5.05. The summed E-state index contributed by atoms with van der Waals surface area (Å²) in [7, 11) is 0. The van der Waals surface area contributed by atoms with E-state index in [9.17, 15) is 4.79 Å². The highest BCUT2D eigenvalue weighted by Crippen LogP contribution is 2.28. The van der Waals surface area contributed by atoms with Gasteiger partial charge in [0, 0.05) is 63.4 Å². The van der Waals surface area contributed by atoms with Crippen molar-refractivity contribution in [2.75, 3.05) is 44.2 Å². The van der Waals surface area contributed by atoms with Gasteiger partial charge in [0.15, 0.2) is 0 Å². The molecule has 6 rings (SSSR count). The third-order valence-corrected chi connectivity index (χ3v) is 8.43. The molecule has 0 unspecified atom stereocenters. The van der Waals surface area contributed by atoms with Crippen LogP contribution in [-0.4, -0.2) is 70.8 Å². The van der Waals surface area contributed by atoms with E-state index in [1.807, 2.05) is 46.1 Å². The van der Waals surface area contributed by atoms with Crippen molar-refractivity contribution in [2.45, 2.75) is 51.0 Å². The van der Waals surface area contributed by atoms with Gasteiger partial charge in [-0.3, -0.25) is 9.69 Å². The number of hydrogen-bond acceptors (Lipinski definition) is 4. The van der Waals surface area contributed by atoms with Crippen LogP contribution in [0.25, 0.3) is 5.69 Å². The molecule has 3 aliphatic rings. The highest BCUT2D eigenvalue weighted by Gasteiger charge is 2.26. The molecule has 2 aromatic carbocycles. The number of aromatic nitrogens is 2. The molecular weight excluding hydrogens is 446 g/mol. The molecule has 0 atom stereocenters. The van der Waals surface area contributed by atoms with Gasteiger partial charge >= 0.3 is 0 Å². The molecule has 3 heterocycles. The Balaban J connectivity index is 1.03. The van der Waals surface area contributed by atoms with Crippen molar-refractivity contribution in [3.63, 3.8) is 0 Å². The molecule has 0 spiro atoms. The normalized spacial score (nSPS) is 19.3. The van der Waals surface area contributed by atoms with Crippen LogP contribution in [0, 0.1) is 0 Å². The Morgan fingerprint density at radius 2 is 1.56 bits per heavy atom. The summed E-state index contributed by atoms with van der Waals surface area (Å²) in [6, 6.07) is 18.0. The number of anilines is 1. The summed E-state index contributed by atoms with van der Waals surface area (Å²) in [4.78, 5) is 20.2. The maximum absolute atomic E-state index is 13.0. The number of rotatable bonds is 5. The van der Waals surface area contributed by atoms with Crippen molar-refractivity contribution in [2.24, 2.45) is 0 Å². The standard InChI is InChI=1S/C30H37N5O/c36-30(22-24-6-9-28(10-7-24)35-15-3-14-31-35)34-20-18-33(19-21-34)29-11-8-25-12-16-32(17-13-26(25)23-29)27-4-1-2-5-27/h3,6-11,14-15,23,27H,1-2,4-5,12-13,16-22H2. The predicted molar refractivity (Wildman–Crippen MR) is 144 cm³/mol. The lowest BCUT2D eigenvalue weighted by molar-refractivity contribution is -0.130. The zero-order chi connectivity index (χ0) is 24.3. The average molecular weight is 484 g/mol. The summed E-state index contributed by atoms with van der Waals surface area (Å²) in [5.74, 6) is 0.218. The summed E-state index contributed by atoms with van der Waals surface area (Å²) in [6.45, 7) is 5.79. The molecule has 0 bridgehead atoms. The number of carbonyl (C=O) groups is 1. The Kier molecular flexibility index (Phi) is 6.77. The van der Waals surface area contributed by atoms with Crippen LogP contribution in [-0.2, 0) is 24.1 Å². The Labute approximate surface area is 214 Å². The number of amides is 1. The van der Waals surface area contributed by atoms with E-state index in [4.69, 9.17) is 0 Å². The van der Waals surface area contributed by atoms with Gasteiger partial charge in [-0.25, -0.2) is 4.68 Å². The molecule has 6 heteroatoms. The van der Waals surface area contributed by atoms with Crippen LogP contribution in [0.2, 0.25) is 0 Å². The van der Waals surface area contributed by atoms with Crippen LogP contribution in [0.15, 0.2) is 60.9 Å². The molecule has 6 nitrogen and oxygen atoms in total. The summed E-state index contributed by atoms with van der Waals surface area (Å²) < 4.78 is 1.83. The first kappa shape index (κ1) is 23.3. The van der Waals surface area contributed by atoms with Crippen molar-refractivity contribution >= 4 is 11.6 Å². The fraction of sp³-hybridized carbons (Fsp3) is 0.467. The lowest BCUT2D eigenvalue weighted by Crippen LogP contribution is -2.49. The minimum atomic E-state index is 0.218. The van der Waals surface area contributed by atoms with E-state index < -0.39 is 0 Å². The molecule has 1 saturated carbocycles. The van der Waals surface area contributed by atoms with Gasteiger partial charge < -0.3 is 9.80 Å². The highest BCUT2D eigenvalue weighted by atomic mass is 16.2. The van der Waals surface area contributed by atoms with E-state index in [0.717, 1.165) is 49.9 Å². The second-order valence-corrected chi connectivity index (χ2v) is 10.6. The number of hydrogen-bond donors (Lipinski definition) is 0. The quantitative estimate of drug-likeness (QED) is 0.548. The molecular formula is C30H37N5O. The molecule has 0 radical (unpaired) electrons. The summed E-state index contributed by atoms with van der Waals surface area (Å²) in [6.07, 6.45) is 12.1. The second-order valence-electron chi connectivity index (χ2n) is 10.6. The van der Waals surface area contributed by atoms with Crippen LogP contribution >= 0.6 is 0 Å². The highest BCUT2D eigenvalue weighted by molar-refractivity contribution is 5.79. The van der Waals surface area contributed by atoms with Gasteiger partial charge in [0.05, 0.1) is 12.1 Å². The molecule has 36 heavy (non-hydrogen) atoms.